The first-order valence-corrected chi connectivity index (χ1v) is 12.3. The second-order valence-electron chi connectivity index (χ2n) is 7.65. The summed E-state index contributed by atoms with van der Waals surface area (Å²) in [7, 11) is -2.67. The molecule has 0 aliphatic rings. The summed E-state index contributed by atoms with van der Waals surface area (Å²) in [4.78, 5) is 12.8. The van der Waals surface area contributed by atoms with Gasteiger partial charge >= 0.3 is 0 Å². The molecule has 7 nitrogen and oxygen atoms in total. The van der Waals surface area contributed by atoms with E-state index in [2.05, 4.69) is 5.32 Å². The Balaban J connectivity index is 1.52. The molecular weight excluding hydrogens is 483 g/mol. The van der Waals surface area contributed by atoms with Crippen LogP contribution in [0.25, 0.3) is 0 Å². The Kier molecular flexibility index (Phi) is 7.50. The van der Waals surface area contributed by atoms with Crippen LogP contribution in [0.3, 0.4) is 0 Å². The van der Waals surface area contributed by atoms with E-state index in [0.29, 0.717) is 22.9 Å². The Hall–Kier alpha value is -4.37. The molecule has 36 heavy (non-hydrogen) atoms. The number of carbonyl (C=O) groups excluding carboxylic acids is 1. The molecule has 0 atom stereocenters. The van der Waals surface area contributed by atoms with E-state index in [4.69, 9.17) is 9.47 Å². The third kappa shape index (κ3) is 6.00. The molecule has 1 amide bonds. The predicted molar refractivity (Wildman–Crippen MR) is 136 cm³/mol. The van der Waals surface area contributed by atoms with Gasteiger partial charge in [-0.2, -0.15) is 0 Å². The van der Waals surface area contributed by atoms with Crippen LogP contribution in [0, 0.1) is 5.82 Å². The van der Waals surface area contributed by atoms with E-state index in [0.717, 1.165) is 16.4 Å². The van der Waals surface area contributed by atoms with Gasteiger partial charge in [-0.05, 0) is 84.9 Å². The monoisotopic (exact) mass is 506 g/mol. The van der Waals surface area contributed by atoms with Crippen molar-refractivity contribution >= 4 is 27.3 Å². The summed E-state index contributed by atoms with van der Waals surface area (Å²) in [5, 5.41) is 2.69. The van der Waals surface area contributed by atoms with Gasteiger partial charge in [-0.3, -0.25) is 9.10 Å². The summed E-state index contributed by atoms with van der Waals surface area (Å²) in [6.07, 6.45) is 0. The summed E-state index contributed by atoms with van der Waals surface area (Å²) in [5.74, 6) is 0.637. The summed E-state index contributed by atoms with van der Waals surface area (Å²) in [6, 6.07) is 26.6. The fourth-order valence-corrected chi connectivity index (χ4v) is 4.78. The number of hydrogen-bond acceptors (Lipinski definition) is 5. The largest absolute Gasteiger partial charge is 0.497 e. The molecule has 0 saturated heterocycles. The fourth-order valence-electron chi connectivity index (χ4n) is 3.36. The summed E-state index contributed by atoms with van der Waals surface area (Å²) >= 11 is 0. The van der Waals surface area contributed by atoms with Gasteiger partial charge in [-0.1, -0.05) is 18.2 Å². The highest BCUT2D eigenvalue weighted by Gasteiger charge is 2.27. The molecule has 4 aromatic carbocycles. The maximum atomic E-state index is 13.5. The van der Waals surface area contributed by atoms with E-state index >= 15 is 0 Å². The van der Waals surface area contributed by atoms with Crippen molar-refractivity contribution < 1.29 is 27.1 Å². The number of carbonyl (C=O) groups is 1. The molecule has 0 spiro atoms. The van der Waals surface area contributed by atoms with Crippen LogP contribution in [0.4, 0.5) is 15.8 Å². The fraction of sp³-hybridized carbons (Fsp3) is 0.0741. The van der Waals surface area contributed by atoms with Crippen molar-refractivity contribution in [2.45, 2.75) is 4.90 Å². The zero-order valence-corrected chi connectivity index (χ0v) is 20.1. The van der Waals surface area contributed by atoms with Crippen molar-refractivity contribution in [2.75, 3.05) is 23.3 Å². The molecule has 0 unspecified atom stereocenters. The predicted octanol–water partition coefficient (Wildman–Crippen LogP) is 5.46. The molecule has 0 radical (unpaired) electrons. The van der Waals surface area contributed by atoms with Gasteiger partial charge in [-0.25, -0.2) is 12.8 Å². The summed E-state index contributed by atoms with van der Waals surface area (Å²) < 4.78 is 52.1. The smallest absolute Gasteiger partial charge is 0.264 e. The molecule has 0 bridgehead atoms. The lowest BCUT2D eigenvalue weighted by Crippen LogP contribution is -2.38. The molecule has 1 N–H and O–H groups in total. The second-order valence-corrected chi connectivity index (χ2v) is 9.51. The van der Waals surface area contributed by atoms with Crippen molar-refractivity contribution in [1.82, 2.24) is 0 Å². The van der Waals surface area contributed by atoms with Gasteiger partial charge in [0.05, 0.1) is 17.7 Å². The molecule has 0 saturated carbocycles. The summed E-state index contributed by atoms with van der Waals surface area (Å²) in [5.41, 5.74) is 0.607. The van der Waals surface area contributed by atoms with Gasteiger partial charge in [-0.15, -0.1) is 0 Å². The first-order valence-electron chi connectivity index (χ1n) is 10.9. The van der Waals surface area contributed by atoms with E-state index in [-0.39, 0.29) is 10.6 Å². The number of nitrogens with zero attached hydrogens (tertiary/aromatic N) is 1. The van der Waals surface area contributed by atoms with Crippen LogP contribution in [-0.4, -0.2) is 28.0 Å². The molecule has 0 aromatic heterocycles. The SMILES string of the molecule is COc1ccc(S(=O)(=O)N(CC(=O)Nc2ccc(Oc3ccccc3)cc2)c2ccc(F)cc2)cc1. The molecule has 0 aliphatic heterocycles. The number of anilines is 2. The van der Waals surface area contributed by atoms with Crippen molar-refractivity contribution in [2.24, 2.45) is 0 Å². The van der Waals surface area contributed by atoms with Crippen molar-refractivity contribution in [1.29, 1.82) is 0 Å². The minimum absolute atomic E-state index is 0.0390. The molecule has 184 valence electrons. The lowest BCUT2D eigenvalue weighted by Gasteiger charge is -2.24. The Labute approximate surface area is 208 Å². The Morgan fingerprint density at radius 2 is 1.39 bits per heavy atom. The third-order valence-corrected chi connectivity index (χ3v) is 6.95. The van der Waals surface area contributed by atoms with Crippen LogP contribution in [0.2, 0.25) is 0 Å². The van der Waals surface area contributed by atoms with E-state index in [1.54, 1.807) is 24.3 Å². The van der Waals surface area contributed by atoms with Crippen molar-refractivity contribution in [3.05, 3.63) is 109 Å². The standard InChI is InChI=1S/C27H23FN2O5S/c1-34-23-15-17-26(18-16-23)36(32,33)30(22-11-7-20(28)8-12-22)19-27(31)29-21-9-13-25(14-10-21)35-24-5-3-2-4-6-24/h2-18H,19H2,1H3,(H,29,31). The molecule has 9 heteroatoms. The first-order chi connectivity index (χ1) is 17.3. The van der Waals surface area contributed by atoms with Crippen LogP contribution in [0.5, 0.6) is 17.2 Å². The average Bonchev–Trinajstić information content (AvgIpc) is 2.89. The van der Waals surface area contributed by atoms with Crippen LogP contribution < -0.4 is 19.1 Å². The topological polar surface area (TPSA) is 84.9 Å². The number of ether oxygens (including phenoxy) is 2. The van der Waals surface area contributed by atoms with Gasteiger partial charge in [0.15, 0.2) is 0 Å². The number of rotatable bonds is 9. The van der Waals surface area contributed by atoms with Crippen LogP contribution >= 0.6 is 0 Å². The number of amides is 1. The number of para-hydroxylation sites is 1. The van der Waals surface area contributed by atoms with E-state index < -0.39 is 28.3 Å². The molecule has 0 heterocycles. The van der Waals surface area contributed by atoms with Crippen LogP contribution in [0.15, 0.2) is 108 Å². The van der Waals surface area contributed by atoms with Crippen molar-refractivity contribution in [3.8, 4) is 17.2 Å². The Bertz CT molecular complexity index is 1410. The molecular formula is C27H23FN2O5S. The van der Waals surface area contributed by atoms with E-state index in [9.17, 15) is 17.6 Å². The number of benzene rings is 4. The minimum Gasteiger partial charge on any atom is -0.497 e. The zero-order valence-electron chi connectivity index (χ0n) is 19.3. The van der Waals surface area contributed by atoms with Gasteiger partial charge < -0.3 is 14.8 Å². The first kappa shape index (κ1) is 24.7. The Morgan fingerprint density at radius 3 is 2.00 bits per heavy atom. The van der Waals surface area contributed by atoms with Gasteiger partial charge in [0, 0.05) is 5.69 Å². The molecule has 4 rings (SSSR count). The second kappa shape index (κ2) is 10.9. The highest BCUT2D eigenvalue weighted by atomic mass is 32.2. The zero-order chi connectivity index (χ0) is 25.5. The van der Waals surface area contributed by atoms with E-state index in [1.807, 2.05) is 30.3 Å². The maximum absolute atomic E-state index is 13.5. The van der Waals surface area contributed by atoms with Crippen molar-refractivity contribution in [3.63, 3.8) is 0 Å². The highest BCUT2D eigenvalue weighted by Crippen LogP contribution is 2.26. The van der Waals surface area contributed by atoms with Crippen LogP contribution in [0.1, 0.15) is 0 Å². The number of nitrogens with one attached hydrogen (secondary N) is 1. The number of halogens is 1. The maximum Gasteiger partial charge on any atom is 0.264 e. The third-order valence-electron chi connectivity index (χ3n) is 5.17. The lowest BCUT2D eigenvalue weighted by atomic mass is 10.3. The van der Waals surface area contributed by atoms with Gasteiger partial charge in [0.2, 0.25) is 5.91 Å². The minimum atomic E-state index is -4.15. The molecule has 4 aromatic rings. The average molecular weight is 507 g/mol. The van der Waals surface area contributed by atoms with E-state index in [1.165, 1.54) is 43.5 Å². The number of hydrogen-bond donors (Lipinski definition) is 1. The quantitative estimate of drug-likeness (QED) is 0.326. The summed E-state index contributed by atoms with van der Waals surface area (Å²) in [6.45, 7) is -0.526. The Morgan fingerprint density at radius 1 is 0.806 bits per heavy atom. The van der Waals surface area contributed by atoms with Crippen LogP contribution in [-0.2, 0) is 14.8 Å². The van der Waals surface area contributed by atoms with Gasteiger partial charge in [0.25, 0.3) is 10.0 Å². The highest BCUT2D eigenvalue weighted by molar-refractivity contribution is 7.92. The lowest BCUT2D eigenvalue weighted by molar-refractivity contribution is -0.114. The van der Waals surface area contributed by atoms with Gasteiger partial charge in [0.1, 0.15) is 29.6 Å². The number of methoxy groups -OCH3 is 1. The normalized spacial score (nSPS) is 10.9. The molecule has 0 aliphatic carbocycles. The number of sulfonamides is 1. The molecule has 0 fully saturated rings.